The smallest absolute Gasteiger partial charge is 0.0590 e. The maximum atomic E-state index is 10.00. The lowest BCUT2D eigenvalue weighted by Crippen LogP contribution is -2.28. The van der Waals surface area contributed by atoms with Gasteiger partial charge in [-0.3, -0.25) is 0 Å². The molecule has 116 valence electrons. The van der Waals surface area contributed by atoms with Gasteiger partial charge in [-0.2, -0.15) is 0 Å². The van der Waals surface area contributed by atoms with E-state index in [2.05, 4.69) is 27.7 Å². The Morgan fingerprint density at radius 3 is 1.37 bits per heavy atom. The summed E-state index contributed by atoms with van der Waals surface area (Å²) >= 11 is 0. The highest BCUT2D eigenvalue weighted by Gasteiger charge is 2.20. The van der Waals surface area contributed by atoms with Crippen molar-refractivity contribution in [2.75, 3.05) is 13.2 Å². The normalized spacial score (nSPS) is 18.0. The van der Waals surface area contributed by atoms with Crippen molar-refractivity contribution in [1.82, 2.24) is 0 Å². The maximum absolute atomic E-state index is 10.00. The molecule has 0 aromatic heterocycles. The van der Waals surface area contributed by atoms with Crippen LogP contribution in [0.25, 0.3) is 0 Å². The minimum atomic E-state index is -0.254. The van der Waals surface area contributed by atoms with E-state index in [1.54, 1.807) is 0 Å². The summed E-state index contributed by atoms with van der Waals surface area (Å²) in [6.45, 7) is 9.57. The van der Waals surface area contributed by atoms with E-state index in [1.165, 1.54) is 0 Å². The predicted molar refractivity (Wildman–Crippen MR) is 80.2 cm³/mol. The highest BCUT2D eigenvalue weighted by Crippen LogP contribution is 2.17. The van der Waals surface area contributed by atoms with E-state index in [0.717, 1.165) is 38.5 Å². The van der Waals surface area contributed by atoms with Gasteiger partial charge in [0.25, 0.3) is 0 Å². The number of aliphatic hydroxyl groups excluding tert-OH is 2. The molecular formula is C16H34O3. The van der Waals surface area contributed by atoms with Gasteiger partial charge >= 0.3 is 0 Å². The Balaban J connectivity index is 4.02. The summed E-state index contributed by atoms with van der Waals surface area (Å²) in [7, 11) is 0. The minimum absolute atomic E-state index is 0.223. The van der Waals surface area contributed by atoms with Crippen LogP contribution >= 0.6 is 0 Å². The summed E-state index contributed by atoms with van der Waals surface area (Å²) in [6.07, 6.45) is 5.07. The van der Waals surface area contributed by atoms with E-state index < -0.39 is 0 Å². The van der Waals surface area contributed by atoms with Crippen LogP contribution in [-0.4, -0.2) is 35.6 Å². The van der Waals surface area contributed by atoms with Crippen molar-refractivity contribution in [2.24, 2.45) is 11.8 Å². The van der Waals surface area contributed by atoms with Gasteiger partial charge in [-0.05, 0) is 25.7 Å². The first-order chi connectivity index (χ1) is 9.10. The first-order valence-corrected chi connectivity index (χ1v) is 8.04. The van der Waals surface area contributed by atoms with Crippen molar-refractivity contribution in [3.8, 4) is 0 Å². The third-order valence-electron chi connectivity index (χ3n) is 3.97. The number of rotatable bonds is 12. The number of aliphatic hydroxyl groups is 2. The summed E-state index contributed by atoms with van der Waals surface area (Å²) < 4.78 is 5.75. The van der Waals surface area contributed by atoms with Crippen LogP contribution < -0.4 is 0 Å². The molecule has 0 fully saturated rings. The molecule has 0 heterocycles. The van der Waals surface area contributed by atoms with Crippen molar-refractivity contribution < 1.29 is 14.9 Å². The molecule has 2 N–H and O–H groups in total. The molecule has 4 atom stereocenters. The van der Waals surface area contributed by atoms with Gasteiger partial charge in [-0.25, -0.2) is 0 Å². The fourth-order valence-corrected chi connectivity index (χ4v) is 2.44. The largest absolute Gasteiger partial charge is 0.393 e. The fraction of sp³-hybridized carbons (Fsp3) is 1.00. The zero-order valence-electron chi connectivity index (χ0n) is 13.3. The van der Waals surface area contributed by atoms with Crippen LogP contribution in [0.4, 0.5) is 0 Å². The first kappa shape index (κ1) is 18.9. The molecule has 0 aliphatic carbocycles. The van der Waals surface area contributed by atoms with E-state index >= 15 is 0 Å². The van der Waals surface area contributed by atoms with Crippen LogP contribution in [0.15, 0.2) is 0 Å². The van der Waals surface area contributed by atoms with E-state index in [0.29, 0.717) is 13.2 Å². The summed E-state index contributed by atoms with van der Waals surface area (Å²) in [5, 5.41) is 20.0. The molecule has 0 saturated carbocycles. The average Bonchev–Trinajstić information content (AvgIpc) is 2.39. The summed E-state index contributed by atoms with van der Waals surface area (Å²) in [6, 6.07) is 0. The van der Waals surface area contributed by atoms with Crippen LogP contribution in [0.1, 0.15) is 66.2 Å². The molecule has 0 saturated heterocycles. The molecule has 3 heteroatoms. The molecule has 0 aromatic carbocycles. The van der Waals surface area contributed by atoms with Crippen molar-refractivity contribution in [2.45, 2.75) is 78.4 Å². The highest BCUT2D eigenvalue weighted by molar-refractivity contribution is 4.69. The molecule has 0 bridgehead atoms. The van der Waals surface area contributed by atoms with Gasteiger partial charge in [-0.15, -0.1) is 0 Å². The fourth-order valence-electron chi connectivity index (χ4n) is 2.44. The van der Waals surface area contributed by atoms with Crippen LogP contribution in [0.5, 0.6) is 0 Å². The van der Waals surface area contributed by atoms with Crippen LogP contribution in [0.3, 0.4) is 0 Å². The highest BCUT2D eigenvalue weighted by atomic mass is 16.5. The van der Waals surface area contributed by atoms with Gasteiger partial charge in [0, 0.05) is 11.8 Å². The Labute approximate surface area is 119 Å². The standard InChI is InChI=1S/C16H34O3/c1-5-9-15(17)13(7-3)11-19-12-14(8-4)16(18)10-6-2/h13-18H,5-12H2,1-4H3. The second-order valence-electron chi connectivity index (χ2n) is 5.59. The number of ether oxygens (including phenoxy) is 1. The molecule has 0 rings (SSSR count). The lowest BCUT2D eigenvalue weighted by atomic mass is 9.95. The zero-order valence-corrected chi connectivity index (χ0v) is 13.3. The summed E-state index contributed by atoms with van der Waals surface area (Å²) in [4.78, 5) is 0. The van der Waals surface area contributed by atoms with Gasteiger partial charge in [0.2, 0.25) is 0 Å². The molecule has 0 aliphatic rings. The molecule has 0 aromatic rings. The van der Waals surface area contributed by atoms with Crippen molar-refractivity contribution >= 4 is 0 Å². The van der Waals surface area contributed by atoms with Crippen LogP contribution in [0, 0.1) is 11.8 Å². The molecule has 0 spiro atoms. The molecular weight excluding hydrogens is 240 g/mol. The lowest BCUT2D eigenvalue weighted by Gasteiger charge is -2.25. The molecule has 3 nitrogen and oxygen atoms in total. The second-order valence-corrected chi connectivity index (χ2v) is 5.59. The third-order valence-corrected chi connectivity index (χ3v) is 3.97. The average molecular weight is 274 g/mol. The zero-order chi connectivity index (χ0) is 14.7. The van der Waals surface area contributed by atoms with Gasteiger partial charge < -0.3 is 14.9 Å². The second kappa shape index (κ2) is 11.7. The predicted octanol–water partition coefficient (Wildman–Crippen LogP) is 3.38. The van der Waals surface area contributed by atoms with Crippen molar-refractivity contribution in [3.63, 3.8) is 0 Å². The number of hydrogen-bond acceptors (Lipinski definition) is 3. The molecule has 19 heavy (non-hydrogen) atoms. The quantitative estimate of drug-likeness (QED) is 0.573. The minimum Gasteiger partial charge on any atom is -0.393 e. The SMILES string of the molecule is CCCC(O)C(CC)COCC(CC)C(O)CCC. The van der Waals surface area contributed by atoms with Gasteiger partial charge in [-0.1, -0.05) is 40.5 Å². The summed E-state index contributed by atoms with van der Waals surface area (Å²) in [5.74, 6) is 0.446. The van der Waals surface area contributed by atoms with E-state index in [1.807, 2.05) is 0 Å². The first-order valence-electron chi connectivity index (χ1n) is 8.04. The Morgan fingerprint density at radius 1 is 0.737 bits per heavy atom. The van der Waals surface area contributed by atoms with Crippen molar-refractivity contribution in [3.05, 3.63) is 0 Å². The Bertz CT molecular complexity index is 176. The lowest BCUT2D eigenvalue weighted by molar-refractivity contribution is -0.0161. The van der Waals surface area contributed by atoms with Gasteiger partial charge in [0.05, 0.1) is 25.4 Å². The molecule has 0 radical (unpaired) electrons. The van der Waals surface area contributed by atoms with E-state index in [4.69, 9.17) is 4.74 Å². The van der Waals surface area contributed by atoms with E-state index in [-0.39, 0.29) is 24.0 Å². The molecule has 0 aliphatic heterocycles. The maximum Gasteiger partial charge on any atom is 0.0590 e. The Morgan fingerprint density at radius 2 is 1.11 bits per heavy atom. The van der Waals surface area contributed by atoms with Gasteiger partial charge in [0.15, 0.2) is 0 Å². The molecule has 4 unspecified atom stereocenters. The Kier molecular flexibility index (Phi) is 11.6. The van der Waals surface area contributed by atoms with Crippen LogP contribution in [0.2, 0.25) is 0 Å². The molecule has 0 amide bonds. The Hall–Kier alpha value is -0.120. The van der Waals surface area contributed by atoms with Crippen molar-refractivity contribution in [1.29, 1.82) is 0 Å². The monoisotopic (exact) mass is 274 g/mol. The van der Waals surface area contributed by atoms with Crippen LogP contribution in [-0.2, 0) is 4.74 Å². The van der Waals surface area contributed by atoms with Gasteiger partial charge in [0.1, 0.15) is 0 Å². The number of hydrogen-bond donors (Lipinski definition) is 2. The topological polar surface area (TPSA) is 49.7 Å². The third kappa shape index (κ3) is 7.91. The summed E-state index contributed by atoms with van der Waals surface area (Å²) in [5.41, 5.74) is 0. The van der Waals surface area contributed by atoms with E-state index in [9.17, 15) is 10.2 Å².